The minimum absolute atomic E-state index is 0.0600. The molecular weight excluding hydrogens is 765 g/mol. The Morgan fingerprint density at radius 1 is 0.689 bits per heavy atom. The van der Waals surface area contributed by atoms with Crippen molar-refractivity contribution in [2.75, 3.05) is 39.5 Å². The number of hydrogen-bond donors (Lipinski definition) is 2. The summed E-state index contributed by atoms with van der Waals surface area (Å²) in [7, 11) is 0. The van der Waals surface area contributed by atoms with E-state index in [1.165, 1.54) is 121 Å². The predicted octanol–water partition coefficient (Wildman–Crippen LogP) is 9.48. The number of nitrogens with zero attached hydrogens (tertiary/aromatic N) is 3. The fourth-order valence-corrected chi connectivity index (χ4v) is 11.9. The van der Waals surface area contributed by atoms with Gasteiger partial charge in [-0.05, 0) is 195 Å². The van der Waals surface area contributed by atoms with Gasteiger partial charge in [0.2, 0.25) is 5.91 Å². The number of rotatable bonds is 10. The number of fused-ring (bicyclic) bond motifs is 6. The Bertz CT molecular complexity index is 2230. The van der Waals surface area contributed by atoms with Crippen molar-refractivity contribution in [3.63, 3.8) is 0 Å². The van der Waals surface area contributed by atoms with Gasteiger partial charge in [-0.3, -0.25) is 9.59 Å². The van der Waals surface area contributed by atoms with Crippen LogP contribution in [0.15, 0.2) is 36.4 Å². The lowest BCUT2D eigenvalue weighted by atomic mass is 9.75. The fourth-order valence-electron chi connectivity index (χ4n) is 11.9. The first-order chi connectivity index (χ1) is 29.7. The van der Waals surface area contributed by atoms with Gasteiger partial charge in [0.05, 0.1) is 12.1 Å². The maximum Gasteiger partial charge on any atom is 0.335 e. The first kappa shape index (κ1) is 42.2. The molecule has 0 radical (unpaired) electrons. The topological polar surface area (TPSA) is 115 Å². The summed E-state index contributed by atoms with van der Waals surface area (Å²) in [5, 5.41) is 14.8. The van der Waals surface area contributed by atoms with Crippen LogP contribution in [-0.2, 0) is 40.0 Å². The number of carboxylic acid groups (broad SMARTS) is 1. The Morgan fingerprint density at radius 3 is 1.59 bits per heavy atom. The molecule has 2 aromatic carbocycles. The van der Waals surface area contributed by atoms with Gasteiger partial charge in [0.25, 0.3) is 5.91 Å². The molecule has 6 aliphatic rings. The summed E-state index contributed by atoms with van der Waals surface area (Å²) in [6.45, 7) is 10.0. The summed E-state index contributed by atoms with van der Waals surface area (Å²) in [4.78, 5) is 39.0. The molecule has 10 rings (SSSR count). The minimum atomic E-state index is -0.825. The Labute approximate surface area is 361 Å². The first-order valence-electron chi connectivity index (χ1n) is 24.0. The van der Waals surface area contributed by atoms with Crippen molar-refractivity contribution in [1.82, 2.24) is 19.4 Å². The van der Waals surface area contributed by atoms with Gasteiger partial charge in [-0.15, -0.1) is 0 Å². The summed E-state index contributed by atoms with van der Waals surface area (Å²) in [6, 6.07) is 13.3. The van der Waals surface area contributed by atoms with Gasteiger partial charge in [0.15, 0.2) is 0 Å². The monoisotopic (exact) mass is 833 g/mol. The SMILES string of the molecule is CCN(CC(=O)NC(C)C)C(=O)c1ccc2c(c1)c1c(n2C2CCC2)CCC(C2CCOCC2)C1.O=C(O)c1ccc2c(c1)c1c(n2C2CCC2)CCC(C2CCOCC2)C1. The van der Waals surface area contributed by atoms with Gasteiger partial charge in [0.1, 0.15) is 0 Å². The van der Waals surface area contributed by atoms with Crippen LogP contribution in [-0.4, -0.2) is 82.5 Å². The molecule has 61 heavy (non-hydrogen) atoms. The van der Waals surface area contributed by atoms with E-state index in [0.717, 1.165) is 69.9 Å². The zero-order valence-electron chi connectivity index (χ0n) is 36.9. The lowest BCUT2D eigenvalue weighted by molar-refractivity contribution is -0.122. The van der Waals surface area contributed by atoms with Crippen LogP contribution in [0.3, 0.4) is 0 Å². The molecule has 4 heterocycles. The van der Waals surface area contributed by atoms with Gasteiger partial charge in [-0.1, -0.05) is 0 Å². The van der Waals surface area contributed by atoms with E-state index in [1.807, 2.05) is 32.9 Å². The van der Waals surface area contributed by atoms with Gasteiger partial charge in [0, 0.05) is 89.9 Å². The highest BCUT2D eigenvalue weighted by molar-refractivity contribution is 6.01. The first-order valence-corrected chi connectivity index (χ1v) is 24.0. The van der Waals surface area contributed by atoms with Gasteiger partial charge in [-0.25, -0.2) is 4.79 Å². The van der Waals surface area contributed by atoms with E-state index in [2.05, 4.69) is 32.7 Å². The predicted molar refractivity (Wildman–Crippen MR) is 240 cm³/mol. The molecule has 10 nitrogen and oxygen atoms in total. The number of aromatic carboxylic acids is 1. The van der Waals surface area contributed by atoms with E-state index >= 15 is 0 Å². The normalized spacial score (nSPS) is 22.5. The molecule has 0 bridgehead atoms. The molecule has 4 fully saturated rings. The molecule has 2 saturated heterocycles. The lowest BCUT2D eigenvalue weighted by Crippen LogP contribution is -2.42. The number of aromatic nitrogens is 2. The fraction of sp³-hybridized carbons (Fsp3) is 0.627. The zero-order chi connectivity index (χ0) is 42.2. The number of benzene rings is 2. The Morgan fingerprint density at radius 2 is 1.16 bits per heavy atom. The highest BCUT2D eigenvalue weighted by Gasteiger charge is 2.36. The average Bonchev–Trinajstić information content (AvgIpc) is 3.73. The van der Waals surface area contributed by atoms with E-state index in [0.29, 0.717) is 35.7 Å². The number of likely N-dealkylation sites (N-methyl/N-ethyl adjacent to an activating group) is 1. The smallest absolute Gasteiger partial charge is 0.335 e. The molecule has 4 aliphatic carbocycles. The summed E-state index contributed by atoms with van der Waals surface area (Å²) in [5.41, 5.74) is 9.60. The number of hydrogen-bond acceptors (Lipinski definition) is 5. The van der Waals surface area contributed by atoms with Crippen molar-refractivity contribution < 1.29 is 29.0 Å². The largest absolute Gasteiger partial charge is 0.478 e. The third kappa shape index (κ3) is 8.52. The summed E-state index contributed by atoms with van der Waals surface area (Å²) < 4.78 is 16.4. The van der Waals surface area contributed by atoms with E-state index in [1.54, 1.807) is 11.0 Å². The van der Waals surface area contributed by atoms with Crippen molar-refractivity contribution in [3.05, 3.63) is 70.0 Å². The van der Waals surface area contributed by atoms with E-state index in [-0.39, 0.29) is 24.4 Å². The van der Waals surface area contributed by atoms with Gasteiger partial charge >= 0.3 is 5.97 Å². The summed E-state index contributed by atoms with van der Waals surface area (Å²) in [6.07, 6.45) is 19.4. The average molecular weight is 833 g/mol. The maximum absolute atomic E-state index is 13.5. The number of carboxylic acids is 1. The highest BCUT2D eigenvalue weighted by atomic mass is 16.5. The Kier molecular flexibility index (Phi) is 12.6. The molecule has 4 aromatic rings. The lowest BCUT2D eigenvalue weighted by Gasteiger charge is -2.35. The molecule has 10 heteroatoms. The number of ether oxygens (including phenoxy) is 2. The molecule has 2 atom stereocenters. The molecule has 2 unspecified atom stereocenters. The summed E-state index contributed by atoms with van der Waals surface area (Å²) >= 11 is 0. The van der Waals surface area contributed by atoms with Crippen molar-refractivity contribution >= 4 is 39.6 Å². The van der Waals surface area contributed by atoms with Crippen LogP contribution in [0.1, 0.15) is 153 Å². The molecule has 2 saturated carbocycles. The van der Waals surface area contributed by atoms with Crippen LogP contribution < -0.4 is 5.32 Å². The third-order valence-electron chi connectivity index (χ3n) is 15.6. The van der Waals surface area contributed by atoms with Crippen molar-refractivity contribution in [1.29, 1.82) is 0 Å². The van der Waals surface area contributed by atoms with Crippen LogP contribution >= 0.6 is 0 Å². The van der Waals surface area contributed by atoms with Crippen LogP contribution in [0.4, 0.5) is 0 Å². The summed E-state index contributed by atoms with van der Waals surface area (Å²) in [5.74, 6) is 1.95. The van der Waals surface area contributed by atoms with E-state index in [9.17, 15) is 19.5 Å². The Balaban J connectivity index is 0.000000163. The van der Waals surface area contributed by atoms with Crippen LogP contribution in [0.25, 0.3) is 21.8 Å². The molecule has 0 spiro atoms. The molecule has 2 amide bonds. The van der Waals surface area contributed by atoms with Crippen molar-refractivity contribution in [2.24, 2.45) is 23.7 Å². The van der Waals surface area contributed by atoms with Crippen molar-refractivity contribution in [2.45, 2.75) is 142 Å². The van der Waals surface area contributed by atoms with E-state index < -0.39 is 5.97 Å². The standard InChI is InChI=1S/C29H41N3O3.C22H27NO3/c1-4-31(18-28(33)30-19(2)3)29(34)22-9-11-27-25(17-22)24-16-21(20-12-14-35-15-13-20)8-10-26(24)32(27)23-6-5-7-23;24-22(25)16-5-7-21-19(13-16)18-12-15(14-8-10-26-11-9-14)4-6-20(18)23(21)17-2-1-3-17/h9,11,17,19-21,23H,4-8,10,12-16,18H2,1-3H3,(H,30,33);5,7,13-15,17H,1-4,6,8-12H2,(H,24,25). The van der Waals surface area contributed by atoms with Crippen LogP contribution in [0.2, 0.25) is 0 Å². The third-order valence-corrected chi connectivity index (χ3v) is 15.6. The quantitative estimate of drug-likeness (QED) is 0.165. The molecule has 2 aliphatic heterocycles. The van der Waals surface area contributed by atoms with Crippen molar-refractivity contribution in [3.8, 4) is 0 Å². The number of amides is 2. The highest BCUT2D eigenvalue weighted by Crippen LogP contribution is 2.46. The number of nitrogens with one attached hydrogen (secondary N) is 1. The Hall–Kier alpha value is -4.15. The van der Waals surface area contributed by atoms with Crippen LogP contribution in [0, 0.1) is 23.7 Å². The zero-order valence-corrected chi connectivity index (χ0v) is 36.9. The molecular formula is C51H68N4O6. The second-order valence-electron chi connectivity index (χ2n) is 19.5. The molecule has 2 aromatic heterocycles. The molecule has 2 N–H and O–H groups in total. The number of carbonyl (C=O) groups excluding carboxylic acids is 2. The van der Waals surface area contributed by atoms with Crippen LogP contribution in [0.5, 0.6) is 0 Å². The molecule has 328 valence electrons. The second kappa shape index (κ2) is 18.3. The maximum atomic E-state index is 13.5. The van der Waals surface area contributed by atoms with Gasteiger partial charge in [-0.2, -0.15) is 0 Å². The number of carbonyl (C=O) groups is 3. The van der Waals surface area contributed by atoms with Gasteiger partial charge < -0.3 is 33.9 Å². The second-order valence-corrected chi connectivity index (χ2v) is 19.5. The minimum Gasteiger partial charge on any atom is -0.478 e. The van der Waals surface area contributed by atoms with E-state index in [4.69, 9.17) is 9.47 Å².